The van der Waals surface area contributed by atoms with Crippen molar-refractivity contribution in [3.63, 3.8) is 0 Å². The first-order valence-corrected chi connectivity index (χ1v) is 9.31. The molecule has 0 aromatic heterocycles. The third-order valence-electron chi connectivity index (χ3n) is 4.46. The number of halogens is 2. The number of fused-ring (bicyclic) bond motifs is 1. The molecule has 0 aliphatic carbocycles. The molecule has 2 aromatic rings. The van der Waals surface area contributed by atoms with Crippen LogP contribution in [-0.2, 0) is 24.3 Å². The molecule has 0 saturated heterocycles. The van der Waals surface area contributed by atoms with E-state index in [1.807, 2.05) is 51.1 Å². The van der Waals surface area contributed by atoms with Crippen molar-refractivity contribution in [2.24, 2.45) is 0 Å². The van der Waals surface area contributed by atoms with Gasteiger partial charge in [0.1, 0.15) is 18.0 Å². The van der Waals surface area contributed by atoms with E-state index in [1.165, 1.54) is 12.1 Å². The minimum Gasteiger partial charge on any atom is -0.489 e. The third kappa shape index (κ3) is 5.00. The molecule has 0 bridgehead atoms. The number of benzene rings is 2. The van der Waals surface area contributed by atoms with Crippen molar-refractivity contribution >= 4 is 6.09 Å². The second kappa shape index (κ2) is 8.17. The summed E-state index contributed by atoms with van der Waals surface area (Å²) in [6.07, 6.45) is -2.50. The normalized spacial score (nSPS) is 14.0. The zero-order chi connectivity index (χ0) is 20.3. The summed E-state index contributed by atoms with van der Waals surface area (Å²) in [5.74, 6) is 0.393. The smallest absolute Gasteiger partial charge is 0.410 e. The first-order chi connectivity index (χ1) is 13.2. The molecule has 0 fully saturated rings. The van der Waals surface area contributed by atoms with E-state index >= 15 is 0 Å². The van der Waals surface area contributed by atoms with E-state index in [0.717, 1.165) is 16.7 Å². The molecule has 0 atom stereocenters. The maximum Gasteiger partial charge on any atom is 0.410 e. The summed E-state index contributed by atoms with van der Waals surface area (Å²) in [5, 5.41) is 0. The number of carbonyl (C=O) groups is 1. The highest BCUT2D eigenvalue weighted by molar-refractivity contribution is 5.69. The van der Waals surface area contributed by atoms with Gasteiger partial charge in [0.05, 0.1) is 6.54 Å². The molecular formula is C22H25F2NO3. The lowest BCUT2D eigenvalue weighted by Crippen LogP contribution is -2.40. The molecule has 0 spiro atoms. The maximum absolute atomic E-state index is 13.3. The second-order valence-electron chi connectivity index (χ2n) is 7.88. The van der Waals surface area contributed by atoms with Gasteiger partial charge < -0.3 is 14.4 Å². The highest BCUT2D eigenvalue weighted by Gasteiger charge is 2.28. The van der Waals surface area contributed by atoms with Gasteiger partial charge in [0.25, 0.3) is 6.43 Å². The van der Waals surface area contributed by atoms with Crippen molar-refractivity contribution < 1.29 is 23.0 Å². The number of rotatable bonds is 4. The molecule has 3 rings (SSSR count). The van der Waals surface area contributed by atoms with Crippen LogP contribution in [0, 0.1) is 0 Å². The first kappa shape index (κ1) is 20.1. The van der Waals surface area contributed by atoms with Crippen LogP contribution in [0.2, 0.25) is 0 Å². The van der Waals surface area contributed by atoms with Crippen molar-refractivity contribution in [2.45, 2.75) is 52.4 Å². The lowest BCUT2D eigenvalue weighted by atomic mass is 9.96. The molecular weight excluding hydrogens is 364 g/mol. The molecule has 0 unspecified atom stereocenters. The third-order valence-corrected chi connectivity index (χ3v) is 4.46. The SMILES string of the molecule is CC(C)(C)OC(=O)N1CCc2cc(C(F)F)cc(OCc3ccccc3)c2C1. The predicted octanol–water partition coefficient (Wildman–Crippen LogP) is 5.50. The van der Waals surface area contributed by atoms with Crippen molar-refractivity contribution in [1.29, 1.82) is 0 Å². The van der Waals surface area contributed by atoms with Crippen molar-refractivity contribution in [3.05, 3.63) is 64.7 Å². The Morgan fingerprint density at radius 3 is 2.54 bits per heavy atom. The van der Waals surface area contributed by atoms with E-state index in [-0.39, 0.29) is 18.7 Å². The van der Waals surface area contributed by atoms with Gasteiger partial charge in [-0.05, 0) is 50.5 Å². The van der Waals surface area contributed by atoms with E-state index in [2.05, 4.69) is 0 Å². The molecule has 1 aliphatic rings. The number of ether oxygens (including phenoxy) is 2. The lowest BCUT2D eigenvalue weighted by Gasteiger charge is -2.32. The zero-order valence-electron chi connectivity index (χ0n) is 16.4. The summed E-state index contributed by atoms with van der Waals surface area (Å²) < 4.78 is 38.0. The van der Waals surface area contributed by atoms with Crippen molar-refractivity contribution in [1.82, 2.24) is 4.90 Å². The maximum atomic E-state index is 13.3. The van der Waals surface area contributed by atoms with Crippen LogP contribution in [0.1, 0.15) is 49.5 Å². The van der Waals surface area contributed by atoms with E-state index in [4.69, 9.17) is 9.47 Å². The summed E-state index contributed by atoms with van der Waals surface area (Å²) in [4.78, 5) is 14.0. The van der Waals surface area contributed by atoms with Crippen LogP contribution in [0.4, 0.5) is 13.6 Å². The fourth-order valence-electron chi connectivity index (χ4n) is 3.13. The Balaban J connectivity index is 1.85. The van der Waals surface area contributed by atoms with E-state index in [0.29, 0.717) is 18.7 Å². The largest absolute Gasteiger partial charge is 0.489 e. The van der Waals surface area contributed by atoms with Crippen molar-refractivity contribution in [3.8, 4) is 5.75 Å². The molecule has 2 aromatic carbocycles. The molecule has 6 heteroatoms. The Kier molecular flexibility index (Phi) is 5.87. The number of hydrogen-bond donors (Lipinski definition) is 0. The Morgan fingerprint density at radius 2 is 1.89 bits per heavy atom. The summed E-state index contributed by atoms with van der Waals surface area (Å²) in [7, 11) is 0. The van der Waals surface area contributed by atoms with Crippen LogP contribution in [0.5, 0.6) is 5.75 Å². The van der Waals surface area contributed by atoms with Crippen LogP contribution in [0.25, 0.3) is 0 Å². The van der Waals surface area contributed by atoms with Gasteiger partial charge in [-0.2, -0.15) is 0 Å². The van der Waals surface area contributed by atoms with Crippen LogP contribution in [0.3, 0.4) is 0 Å². The second-order valence-corrected chi connectivity index (χ2v) is 7.88. The van der Waals surface area contributed by atoms with Gasteiger partial charge in [-0.3, -0.25) is 0 Å². The van der Waals surface area contributed by atoms with Crippen LogP contribution < -0.4 is 4.74 Å². The van der Waals surface area contributed by atoms with Gasteiger partial charge in [-0.25, -0.2) is 13.6 Å². The fourth-order valence-corrected chi connectivity index (χ4v) is 3.13. The van der Waals surface area contributed by atoms with Crippen LogP contribution in [0.15, 0.2) is 42.5 Å². The van der Waals surface area contributed by atoms with E-state index in [9.17, 15) is 13.6 Å². The Bertz CT molecular complexity index is 832. The number of nitrogens with zero attached hydrogens (tertiary/aromatic N) is 1. The average Bonchev–Trinajstić information content (AvgIpc) is 2.64. The predicted molar refractivity (Wildman–Crippen MR) is 103 cm³/mol. The Hall–Kier alpha value is -2.63. The summed E-state index contributed by atoms with van der Waals surface area (Å²) in [6, 6.07) is 12.4. The molecule has 28 heavy (non-hydrogen) atoms. The van der Waals surface area contributed by atoms with Gasteiger partial charge >= 0.3 is 6.09 Å². The first-order valence-electron chi connectivity index (χ1n) is 9.31. The molecule has 0 saturated carbocycles. The highest BCUT2D eigenvalue weighted by atomic mass is 19.3. The number of hydrogen-bond acceptors (Lipinski definition) is 3. The van der Waals surface area contributed by atoms with Crippen LogP contribution in [-0.4, -0.2) is 23.1 Å². The Labute approximate surface area is 164 Å². The molecule has 0 N–H and O–H groups in total. The van der Waals surface area contributed by atoms with Gasteiger partial charge in [0.2, 0.25) is 0 Å². The number of carbonyl (C=O) groups excluding carboxylic acids is 1. The van der Waals surface area contributed by atoms with Crippen LogP contribution >= 0.6 is 0 Å². The molecule has 1 heterocycles. The van der Waals surface area contributed by atoms with E-state index < -0.39 is 18.1 Å². The van der Waals surface area contributed by atoms with Crippen molar-refractivity contribution in [2.75, 3.05) is 6.54 Å². The molecule has 4 nitrogen and oxygen atoms in total. The average molecular weight is 389 g/mol. The van der Waals surface area contributed by atoms with Gasteiger partial charge in [-0.15, -0.1) is 0 Å². The van der Waals surface area contributed by atoms with E-state index in [1.54, 1.807) is 4.90 Å². The minimum atomic E-state index is -2.58. The fraction of sp³-hybridized carbons (Fsp3) is 0.409. The summed E-state index contributed by atoms with van der Waals surface area (Å²) >= 11 is 0. The number of alkyl halides is 2. The monoisotopic (exact) mass is 389 g/mol. The highest BCUT2D eigenvalue weighted by Crippen LogP contribution is 2.34. The van der Waals surface area contributed by atoms with Gasteiger partial charge in [-0.1, -0.05) is 30.3 Å². The molecule has 150 valence electrons. The summed E-state index contributed by atoms with van der Waals surface area (Å²) in [5.41, 5.74) is 1.84. The van der Waals surface area contributed by atoms with Gasteiger partial charge in [0, 0.05) is 17.7 Å². The zero-order valence-corrected chi connectivity index (χ0v) is 16.4. The number of amides is 1. The standard InChI is InChI=1S/C22H25F2NO3/c1-22(2,3)28-21(26)25-10-9-16-11-17(20(23)24)12-19(18(16)13-25)27-14-15-7-5-4-6-8-15/h4-8,11-12,20H,9-10,13-14H2,1-3H3. The topological polar surface area (TPSA) is 38.8 Å². The molecule has 1 amide bonds. The lowest BCUT2D eigenvalue weighted by molar-refractivity contribution is 0.0221. The minimum absolute atomic E-state index is 0.0625. The quantitative estimate of drug-likeness (QED) is 0.693. The molecule has 0 radical (unpaired) electrons. The molecule has 1 aliphatic heterocycles. The summed E-state index contributed by atoms with van der Waals surface area (Å²) in [6.45, 7) is 6.40. The Morgan fingerprint density at radius 1 is 1.18 bits per heavy atom. The van der Waals surface area contributed by atoms with Gasteiger partial charge in [0.15, 0.2) is 0 Å².